The fraction of sp³-hybridized carbons (Fsp3) is 0.364. The summed E-state index contributed by atoms with van der Waals surface area (Å²) in [6.45, 7) is 1.64. The molecule has 210 valence electrons. The minimum absolute atomic E-state index is 0.206. The normalized spacial score (nSPS) is 13.5. The van der Waals surface area contributed by atoms with Crippen molar-refractivity contribution >= 4 is 39.4 Å². The SMILES string of the molecule is CSCC(C)NC(=O)c1c(OS(C)(=O)=O)cccc1C(=O)Nc1ccc(C(F)(C(F)(F)F)C(F)(F)F)cc1. The van der Waals surface area contributed by atoms with Gasteiger partial charge in [0.05, 0.1) is 17.4 Å². The second-order valence-electron chi connectivity index (χ2n) is 7.98. The standard InChI is InChI=1S/C22H21F7N2O5S2/c1-12(11-37-2)30-19(33)17-15(5-4-6-16(17)36-38(3,34)35)18(32)31-14-9-7-13(8-10-14)20(23,21(24,25)26)22(27,28)29/h4-10,12H,11H2,1-3H3,(H,30,33)(H,31,32). The van der Waals surface area contributed by atoms with Crippen molar-refractivity contribution in [3.63, 3.8) is 0 Å². The summed E-state index contributed by atoms with van der Waals surface area (Å²) in [5, 5.41) is 4.73. The number of nitrogens with one attached hydrogen (secondary N) is 2. The molecule has 2 N–H and O–H groups in total. The Hall–Kier alpha value is -3.01. The molecule has 0 spiro atoms. The Morgan fingerprint density at radius 1 is 0.947 bits per heavy atom. The minimum atomic E-state index is -6.31. The molecule has 7 nitrogen and oxygen atoms in total. The van der Waals surface area contributed by atoms with Gasteiger partial charge in [0.1, 0.15) is 0 Å². The van der Waals surface area contributed by atoms with E-state index in [1.807, 2.05) is 0 Å². The van der Waals surface area contributed by atoms with E-state index in [0.29, 0.717) is 24.1 Å². The van der Waals surface area contributed by atoms with Gasteiger partial charge in [0, 0.05) is 23.0 Å². The average Bonchev–Trinajstić information content (AvgIpc) is 2.76. The maximum Gasteiger partial charge on any atom is 0.435 e. The molecule has 0 radical (unpaired) electrons. The van der Waals surface area contributed by atoms with Gasteiger partial charge in [0.25, 0.3) is 11.8 Å². The van der Waals surface area contributed by atoms with Crippen LogP contribution < -0.4 is 14.8 Å². The molecule has 2 aromatic rings. The first kappa shape index (κ1) is 31.2. The summed E-state index contributed by atoms with van der Waals surface area (Å²) in [6, 6.07) is 4.62. The van der Waals surface area contributed by atoms with Gasteiger partial charge in [0.2, 0.25) is 0 Å². The lowest BCUT2D eigenvalue weighted by molar-refractivity contribution is -0.348. The highest BCUT2D eigenvalue weighted by molar-refractivity contribution is 7.98. The van der Waals surface area contributed by atoms with E-state index in [4.69, 9.17) is 4.18 Å². The summed E-state index contributed by atoms with van der Waals surface area (Å²) in [6.07, 6.45) is -10.2. The summed E-state index contributed by atoms with van der Waals surface area (Å²) >= 11 is 1.39. The van der Waals surface area contributed by atoms with Crippen molar-refractivity contribution in [2.24, 2.45) is 0 Å². The van der Waals surface area contributed by atoms with E-state index >= 15 is 0 Å². The molecule has 2 aromatic carbocycles. The number of thioether (sulfide) groups is 1. The highest BCUT2D eigenvalue weighted by atomic mass is 32.2. The Morgan fingerprint density at radius 3 is 1.97 bits per heavy atom. The second kappa shape index (κ2) is 11.4. The molecule has 0 aliphatic carbocycles. The number of amides is 2. The van der Waals surface area contributed by atoms with E-state index in [1.165, 1.54) is 17.8 Å². The van der Waals surface area contributed by atoms with Crippen molar-refractivity contribution in [1.29, 1.82) is 0 Å². The van der Waals surface area contributed by atoms with Crippen LogP contribution in [0.2, 0.25) is 0 Å². The fourth-order valence-corrected chi connectivity index (χ4v) is 4.29. The van der Waals surface area contributed by atoms with Gasteiger partial charge < -0.3 is 14.8 Å². The molecule has 0 aliphatic heterocycles. The number of carbonyl (C=O) groups is 2. The number of benzene rings is 2. The van der Waals surface area contributed by atoms with Crippen molar-refractivity contribution < 1.29 is 52.9 Å². The van der Waals surface area contributed by atoms with Crippen LogP contribution in [0.4, 0.5) is 36.4 Å². The summed E-state index contributed by atoms with van der Waals surface area (Å²) in [7, 11) is -4.15. The van der Waals surface area contributed by atoms with Crippen LogP contribution in [0.25, 0.3) is 0 Å². The molecule has 0 saturated carbocycles. The Labute approximate surface area is 217 Å². The largest absolute Gasteiger partial charge is 0.435 e. The molecule has 0 heterocycles. The first-order valence-electron chi connectivity index (χ1n) is 10.4. The Balaban J connectivity index is 2.46. The van der Waals surface area contributed by atoms with Crippen LogP contribution in [-0.2, 0) is 15.8 Å². The Morgan fingerprint density at radius 2 is 1.50 bits per heavy atom. The van der Waals surface area contributed by atoms with Crippen LogP contribution in [-0.4, -0.2) is 56.9 Å². The van der Waals surface area contributed by atoms with Crippen molar-refractivity contribution in [1.82, 2.24) is 5.32 Å². The smallest absolute Gasteiger partial charge is 0.382 e. The van der Waals surface area contributed by atoms with Crippen LogP contribution >= 0.6 is 11.8 Å². The summed E-state index contributed by atoms with van der Waals surface area (Å²) in [5.74, 6) is -2.01. The lowest BCUT2D eigenvalue weighted by Crippen LogP contribution is -2.50. The van der Waals surface area contributed by atoms with Crippen LogP contribution in [0, 0.1) is 0 Å². The van der Waals surface area contributed by atoms with Gasteiger partial charge in [0.15, 0.2) is 5.75 Å². The molecule has 0 saturated heterocycles. The molecular formula is C22H21F7N2O5S2. The monoisotopic (exact) mass is 590 g/mol. The van der Waals surface area contributed by atoms with Crippen LogP contribution in [0.15, 0.2) is 42.5 Å². The van der Waals surface area contributed by atoms with E-state index in [1.54, 1.807) is 13.2 Å². The maximum atomic E-state index is 14.2. The van der Waals surface area contributed by atoms with Crippen LogP contribution in [0.1, 0.15) is 33.2 Å². The van der Waals surface area contributed by atoms with Gasteiger partial charge in [-0.2, -0.15) is 46.5 Å². The molecule has 16 heteroatoms. The molecule has 0 bridgehead atoms. The Kier molecular flexibility index (Phi) is 9.35. The molecule has 2 amide bonds. The number of hydrogen-bond acceptors (Lipinski definition) is 6. The number of alkyl halides is 7. The van der Waals surface area contributed by atoms with Crippen LogP contribution in [0.5, 0.6) is 5.75 Å². The molecular weight excluding hydrogens is 569 g/mol. The van der Waals surface area contributed by atoms with Gasteiger partial charge in [-0.05, 0) is 37.4 Å². The van der Waals surface area contributed by atoms with Crippen molar-refractivity contribution in [2.45, 2.75) is 31.0 Å². The summed E-state index contributed by atoms with van der Waals surface area (Å²) in [5.41, 5.74) is -8.67. The topological polar surface area (TPSA) is 102 Å². The van der Waals surface area contributed by atoms with E-state index < -0.39 is 68.4 Å². The van der Waals surface area contributed by atoms with Gasteiger partial charge in [-0.25, -0.2) is 4.39 Å². The number of carbonyl (C=O) groups excluding carboxylic acids is 2. The molecule has 38 heavy (non-hydrogen) atoms. The number of anilines is 1. The van der Waals surface area contributed by atoms with Gasteiger partial charge in [-0.1, -0.05) is 18.2 Å². The lowest BCUT2D eigenvalue weighted by Gasteiger charge is -2.30. The zero-order valence-electron chi connectivity index (χ0n) is 19.8. The quantitative estimate of drug-likeness (QED) is 0.313. The zero-order chi connectivity index (χ0) is 29.1. The molecule has 0 fully saturated rings. The summed E-state index contributed by atoms with van der Waals surface area (Å²) in [4.78, 5) is 25.9. The van der Waals surface area contributed by atoms with E-state index in [9.17, 15) is 48.7 Å². The third-order valence-corrected chi connectivity index (χ3v) is 6.17. The van der Waals surface area contributed by atoms with E-state index in [0.717, 1.165) is 12.1 Å². The number of rotatable bonds is 9. The zero-order valence-corrected chi connectivity index (χ0v) is 21.5. The Bertz CT molecular complexity index is 1270. The van der Waals surface area contributed by atoms with E-state index in [-0.39, 0.29) is 17.8 Å². The van der Waals surface area contributed by atoms with Crippen molar-refractivity contribution in [3.05, 3.63) is 59.2 Å². The number of halogens is 7. The highest BCUT2D eigenvalue weighted by Crippen LogP contribution is 2.53. The van der Waals surface area contributed by atoms with Gasteiger partial charge >= 0.3 is 28.1 Å². The number of hydrogen-bond donors (Lipinski definition) is 2. The predicted octanol–water partition coefficient (Wildman–Crippen LogP) is 5.05. The lowest BCUT2D eigenvalue weighted by atomic mass is 9.94. The third-order valence-electron chi connectivity index (χ3n) is 4.86. The molecule has 2 rings (SSSR count). The average molecular weight is 591 g/mol. The minimum Gasteiger partial charge on any atom is -0.382 e. The predicted molar refractivity (Wildman–Crippen MR) is 127 cm³/mol. The highest BCUT2D eigenvalue weighted by Gasteiger charge is 2.73. The molecule has 0 aromatic heterocycles. The molecule has 0 aliphatic rings. The van der Waals surface area contributed by atoms with Crippen molar-refractivity contribution in [2.75, 3.05) is 23.6 Å². The first-order valence-corrected chi connectivity index (χ1v) is 13.6. The fourth-order valence-electron chi connectivity index (χ4n) is 3.24. The first-order chi connectivity index (χ1) is 17.3. The second-order valence-corrected chi connectivity index (χ2v) is 10.5. The van der Waals surface area contributed by atoms with Gasteiger partial charge in [-0.3, -0.25) is 9.59 Å². The van der Waals surface area contributed by atoms with Gasteiger partial charge in [-0.15, -0.1) is 0 Å². The third kappa shape index (κ3) is 7.09. The molecule has 1 unspecified atom stereocenters. The molecule has 1 atom stereocenters. The maximum absolute atomic E-state index is 14.2. The van der Waals surface area contributed by atoms with Crippen molar-refractivity contribution in [3.8, 4) is 5.75 Å². The summed E-state index contributed by atoms with van der Waals surface area (Å²) < 4.78 is 120. The van der Waals surface area contributed by atoms with Crippen LogP contribution in [0.3, 0.4) is 0 Å². The van der Waals surface area contributed by atoms with E-state index in [2.05, 4.69) is 10.6 Å².